The molecular weight excluding hydrogens is 422 g/mol. The molecule has 1 aliphatic rings. The number of para-hydroxylation sites is 1. The van der Waals surface area contributed by atoms with Crippen molar-refractivity contribution in [2.45, 2.75) is 46.5 Å². The van der Waals surface area contributed by atoms with Crippen LogP contribution >= 0.6 is 0 Å². The van der Waals surface area contributed by atoms with Gasteiger partial charge in [0.05, 0.1) is 5.39 Å². The molecule has 0 bridgehead atoms. The third kappa shape index (κ3) is 3.94. The minimum Gasteiger partial charge on any atom is -0.356 e. The van der Waals surface area contributed by atoms with Gasteiger partial charge in [0.1, 0.15) is 5.82 Å². The molecule has 3 heterocycles. The van der Waals surface area contributed by atoms with Gasteiger partial charge in [-0.2, -0.15) is 0 Å². The molecule has 1 amide bonds. The van der Waals surface area contributed by atoms with Crippen molar-refractivity contribution in [3.63, 3.8) is 0 Å². The molecule has 0 atom stereocenters. The fourth-order valence-electron chi connectivity index (χ4n) is 4.73. The number of aromatic nitrogens is 3. The number of carbonyl (C=O) groups excluding carboxylic acids is 1. The van der Waals surface area contributed by atoms with Gasteiger partial charge in [-0.1, -0.05) is 44.2 Å². The quantitative estimate of drug-likeness (QED) is 0.402. The number of hydrogen-bond acceptors (Lipinski definition) is 4. The number of nitrogens with one attached hydrogen (secondary N) is 1. The fourth-order valence-corrected chi connectivity index (χ4v) is 4.73. The van der Waals surface area contributed by atoms with E-state index in [1.165, 1.54) is 5.56 Å². The predicted molar refractivity (Wildman–Crippen MR) is 138 cm³/mol. The van der Waals surface area contributed by atoms with Crippen LogP contribution in [0.2, 0.25) is 0 Å². The number of fused-ring (bicyclic) bond motifs is 1. The van der Waals surface area contributed by atoms with E-state index in [1.54, 1.807) is 0 Å². The lowest BCUT2D eigenvalue weighted by Crippen LogP contribution is -2.23. The molecule has 1 fully saturated rings. The van der Waals surface area contributed by atoms with Gasteiger partial charge in [-0.05, 0) is 68.0 Å². The molecular formula is C28H31N5O. The Morgan fingerprint density at radius 1 is 0.941 bits per heavy atom. The maximum Gasteiger partial charge on any atom is 0.293 e. The summed E-state index contributed by atoms with van der Waals surface area (Å²) in [6.07, 6.45) is 2.26. The van der Waals surface area contributed by atoms with Crippen molar-refractivity contribution in [2.24, 2.45) is 0 Å². The van der Waals surface area contributed by atoms with Crippen LogP contribution in [0.1, 0.15) is 60.0 Å². The average molecular weight is 454 g/mol. The third-order valence-corrected chi connectivity index (χ3v) is 6.79. The van der Waals surface area contributed by atoms with Crippen molar-refractivity contribution in [2.75, 3.05) is 23.3 Å². The summed E-state index contributed by atoms with van der Waals surface area (Å²) < 4.78 is 2.14. The van der Waals surface area contributed by atoms with E-state index in [0.717, 1.165) is 65.4 Å². The van der Waals surface area contributed by atoms with Crippen molar-refractivity contribution in [3.05, 3.63) is 77.2 Å². The molecule has 34 heavy (non-hydrogen) atoms. The van der Waals surface area contributed by atoms with Crippen LogP contribution in [0.25, 0.3) is 16.7 Å². The minimum absolute atomic E-state index is 0.192. The second-order valence-electron chi connectivity index (χ2n) is 9.38. The highest BCUT2D eigenvalue weighted by Gasteiger charge is 2.26. The number of amides is 1. The molecule has 6 nitrogen and oxygen atoms in total. The highest BCUT2D eigenvalue weighted by Crippen LogP contribution is 2.35. The molecule has 6 heteroatoms. The van der Waals surface area contributed by atoms with E-state index in [2.05, 4.69) is 54.6 Å². The highest BCUT2D eigenvalue weighted by molar-refractivity contribution is 6.04. The molecule has 0 radical (unpaired) electrons. The molecule has 0 saturated carbocycles. The Labute approximate surface area is 200 Å². The standard InChI is InChI=1S/C28H31N5O/c1-18(2)21-12-14-22(15-13-21)29-28(34)25-30-26(32-16-8-9-17-32)24-19(3)20(4)33(27(24)31-25)23-10-6-5-7-11-23/h5-7,10-15,18H,8-9,16-17H2,1-4H3,(H,29,34). The summed E-state index contributed by atoms with van der Waals surface area (Å²) in [5.41, 5.74) is 6.04. The maximum absolute atomic E-state index is 13.3. The Balaban J connectivity index is 1.62. The molecule has 1 N–H and O–H groups in total. The Bertz CT molecular complexity index is 1330. The first-order valence-corrected chi connectivity index (χ1v) is 12.1. The van der Waals surface area contributed by atoms with Crippen LogP contribution in [0.3, 0.4) is 0 Å². The average Bonchev–Trinajstić information content (AvgIpc) is 3.47. The van der Waals surface area contributed by atoms with Crippen molar-refractivity contribution >= 4 is 28.4 Å². The van der Waals surface area contributed by atoms with E-state index in [1.807, 2.05) is 42.5 Å². The van der Waals surface area contributed by atoms with E-state index >= 15 is 0 Å². The normalized spacial score (nSPS) is 13.7. The summed E-state index contributed by atoms with van der Waals surface area (Å²) >= 11 is 0. The van der Waals surface area contributed by atoms with Crippen LogP contribution in [0.15, 0.2) is 54.6 Å². The fraction of sp³-hybridized carbons (Fsp3) is 0.321. The minimum atomic E-state index is -0.296. The molecule has 1 aliphatic heterocycles. The Hall–Kier alpha value is -3.67. The van der Waals surface area contributed by atoms with E-state index < -0.39 is 0 Å². The molecule has 4 aromatic rings. The van der Waals surface area contributed by atoms with E-state index in [-0.39, 0.29) is 11.7 Å². The van der Waals surface area contributed by atoms with Gasteiger partial charge in [0, 0.05) is 30.2 Å². The molecule has 2 aromatic carbocycles. The zero-order valence-electron chi connectivity index (χ0n) is 20.3. The number of carbonyl (C=O) groups is 1. The van der Waals surface area contributed by atoms with Crippen molar-refractivity contribution in [3.8, 4) is 5.69 Å². The molecule has 174 valence electrons. The molecule has 0 aliphatic carbocycles. The maximum atomic E-state index is 13.3. The highest BCUT2D eigenvalue weighted by atomic mass is 16.2. The van der Waals surface area contributed by atoms with Gasteiger partial charge in [-0.15, -0.1) is 0 Å². The molecule has 5 rings (SSSR count). The van der Waals surface area contributed by atoms with Crippen LogP contribution in [0.4, 0.5) is 11.5 Å². The lowest BCUT2D eigenvalue weighted by Gasteiger charge is -2.19. The summed E-state index contributed by atoms with van der Waals surface area (Å²) in [5, 5.41) is 4.02. The second-order valence-corrected chi connectivity index (χ2v) is 9.38. The van der Waals surface area contributed by atoms with Gasteiger partial charge in [-0.25, -0.2) is 9.97 Å². The zero-order chi connectivity index (χ0) is 23.8. The van der Waals surface area contributed by atoms with Gasteiger partial charge >= 0.3 is 0 Å². The Morgan fingerprint density at radius 2 is 1.62 bits per heavy atom. The number of aryl methyl sites for hydroxylation is 1. The third-order valence-electron chi connectivity index (χ3n) is 6.79. The van der Waals surface area contributed by atoms with E-state index in [9.17, 15) is 4.79 Å². The first-order chi connectivity index (χ1) is 16.4. The monoisotopic (exact) mass is 453 g/mol. The molecule has 0 unspecified atom stereocenters. The van der Waals surface area contributed by atoms with E-state index in [4.69, 9.17) is 9.97 Å². The van der Waals surface area contributed by atoms with Crippen molar-refractivity contribution in [1.29, 1.82) is 0 Å². The second kappa shape index (κ2) is 8.93. The van der Waals surface area contributed by atoms with E-state index in [0.29, 0.717) is 5.92 Å². The summed E-state index contributed by atoms with van der Waals surface area (Å²) in [5.74, 6) is 1.20. The molecule has 0 spiro atoms. The summed E-state index contributed by atoms with van der Waals surface area (Å²) in [6, 6.07) is 18.2. The number of benzene rings is 2. The number of anilines is 2. The Kier molecular flexibility index (Phi) is 5.82. The number of rotatable bonds is 5. The van der Waals surface area contributed by atoms with Crippen LogP contribution in [-0.2, 0) is 0 Å². The zero-order valence-corrected chi connectivity index (χ0v) is 20.3. The van der Waals surface area contributed by atoms with Crippen LogP contribution in [-0.4, -0.2) is 33.5 Å². The van der Waals surface area contributed by atoms with Crippen LogP contribution in [0.5, 0.6) is 0 Å². The van der Waals surface area contributed by atoms with Gasteiger partial charge in [0.2, 0.25) is 5.82 Å². The number of hydrogen-bond donors (Lipinski definition) is 1. The topological polar surface area (TPSA) is 63.1 Å². The molecule has 1 saturated heterocycles. The Morgan fingerprint density at radius 3 is 2.26 bits per heavy atom. The van der Waals surface area contributed by atoms with Crippen LogP contribution < -0.4 is 10.2 Å². The largest absolute Gasteiger partial charge is 0.356 e. The number of nitrogens with zero attached hydrogens (tertiary/aromatic N) is 4. The van der Waals surface area contributed by atoms with Gasteiger partial charge in [0.15, 0.2) is 5.65 Å². The smallest absolute Gasteiger partial charge is 0.293 e. The lowest BCUT2D eigenvalue weighted by atomic mass is 10.0. The molecule has 2 aromatic heterocycles. The summed E-state index contributed by atoms with van der Waals surface area (Å²) in [4.78, 5) is 25.3. The van der Waals surface area contributed by atoms with Crippen molar-refractivity contribution in [1.82, 2.24) is 14.5 Å². The van der Waals surface area contributed by atoms with Gasteiger partial charge in [0.25, 0.3) is 5.91 Å². The van der Waals surface area contributed by atoms with Crippen molar-refractivity contribution < 1.29 is 4.79 Å². The van der Waals surface area contributed by atoms with Gasteiger partial charge in [-0.3, -0.25) is 9.36 Å². The SMILES string of the molecule is Cc1c(C)n(-c2ccccc2)c2nc(C(=O)Nc3ccc(C(C)C)cc3)nc(N3CCCC3)c12. The van der Waals surface area contributed by atoms with Crippen LogP contribution in [0, 0.1) is 13.8 Å². The first-order valence-electron chi connectivity index (χ1n) is 12.1. The lowest BCUT2D eigenvalue weighted by molar-refractivity contribution is 0.101. The first kappa shape index (κ1) is 22.1. The van der Waals surface area contributed by atoms with Gasteiger partial charge < -0.3 is 10.2 Å². The summed E-state index contributed by atoms with van der Waals surface area (Å²) in [7, 11) is 0. The predicted octanol–water partition coefficient (Wildman–Crippen LogP) is 6.01. The summed E-state index contributed by atoms with van der Waals surface area (Å²) in [6.45, 7) is 10.4.